The van der Waals surface area contributed by atoms with Crippen LogP contribution in [0.5, 0.6) is 0 Å². The highest BCUT2D eigenvalue weighted by Crippen LogP contribution is 2.21. The highest BCUT2D eigenvalue weighted by molar-refractivity contribution is 5.74. The van der Waals surface area contributed by atoms with Gasteiger partial charge in [0.05, 0.1) is 0 Å². The van der Waals surface area contributed by atoms with Crippen LogP contribution in [0, 0.1) is 0 Å². The zero-order valence-corrected chi connectivity index (χ0v) is 11.2. The van der Waals surface area contributed by atoms with Crippen molar-refractivity contribution in [2.45, 2.75) is 39.2 Å². The van der Waals surface area contributed by atoms with E-state index in [-0.39, 0.29) is 6.03 Å². The monoisotopic (exact) mass is 239 g/mol. The molecular weight excluding hydrogens is 214 g/mol. The third kappa shape index (κ3) is 2.73. The third-order valence-corrected chi connectivity index (χ3v) is 4.14. The number of hydrogen-bond donors (Lipinski definition) is 0. The van der Waals surface area contributed by atoms with E-state index in [1.165, 1.54) is 25.8 Å². The Bertz CT molecular complexity index is 265. The van der Waals surface area contributed by atoms with Gasteiger partial charge in [-0.3, -0.25) is 4.90 Å². The van der Waals surface area contributed by atoms with Crippen molar-refractivity contribution in [3.8, 4) is 0 Å². The van der Waals surface area contributed by atoms with Crippen LogP contribution in [0.3, 0.4) is 0 Å². The first-order valence-electron chi connectivity index (χ1n) is 7.04. The van der Waals surface area contributed by atoms with Crippen molar-refractivity contribution in [3.05, 3.63) is 0 Å². The van der Waals surface area contributed by atoms with E-state index in [4.69, 9.17) is 0 Å². The summed E-state index contributed by atoms with van der Waals surface area (Å²) in [6.45, 7) is 9.90. The van der Waals surface area contributed by atoms with Crippen LogP contribution in [-0.4, -0.2) is 66.0 Å². The molecule has 2 fully saturated rings. The molecule has 98 valence electrons. The lowest BCUT2D eigenvalue weighted by molar-refractivity contribution is 0.0544. The van der Waals surface area contributed by atoms with Gasteiger partial charge in [-0.1, -0.05) is 6.42 Å². The molecular formula is C13H25N3O. The van der Waals surface area contributed by atoms with Gasteiger partial charge in [0.25, 0.3) is 0 Å². The lowest BCUT2D eigenvalue weighted by Gasteiger charge is -2.45. The van der Waals surface area contributed by atoms with E-state index in [1.54, 1.807) is 0 Å². The predicted octanol–water partition coefficient (Wildman–Crippen LogP) is 1.62. The molecule has 2 aliphatic heterocycles. The molecule has 0 bridgehead atoms. The number of carbonyl (C=O) groups excluding carboxylic acids is 1. The summed E-state index contributed by atoms with van der Waals surface area (Å²) in [6.07, 6.45) is 3.93. The summed E-state index contributed by atoms with van der Waals surface area (Å²) in [5, 5.41) is 0. The molecule has 2 amide bonds. The van der Waals surface area contributed by atoms with Gasteiger partial charge in [0.1, 0.15) is 0 Å². The number of nitrogens with zero attached hydrogens (tertiary/aromatic N) is 3. The van der Waals surface area contributed by atoms with Crippen LogP contribution >= 0.6 is 0 Å². The fourth-order valence-corrected chi connectivity index (χ4v) is 3.02. The summed E-state index contributed by atoms with van der Waals surface area (Å²) in [7, 11) is 0. The van der Waals surface area contributed by atoms with E-state index in [1.807, 2.05) is 4.90 Å². The molecule has 17 heavy (non-hydrogen) atoms. The molecule has 2 rings (SSSR count). The van der Waals surface area contributed by atoms with E-state index in [9.17, 15) is 4.79 Å². The SMILES string of the molecule is CCN(CC)C(=O)N1CCN2CCCCC2C1. The normalized spacial score (nSPS) is 25.5. The number of carbonyl (C=O) groups is 1. The van der Waals surface area contributed by atoms with Crippen LogP contribution in [0.1, 0.15) is 33.1 Å². The molecule has 0 aliphatic carbocycles. The number of piperidine rings is 1. The quantitative estimate of drug-likeness (QED) is 0.732. The molecule has 0 radical (unpaired) electrons. The van der Waals surface area contributed by atoms with Gasteiger partial charge in [0.15, 0.2) is 0 Å². The van der Waals surface area contributed by atoms with Crippen molar-refractivity contribution in [2.75, 3.05) is 39.3 Å². The molecule has 4 heteroatoms. The number of hydrogen-bond acceptors (Lipinski definition) is 2. The Balaban J connectivity index is 1.92. The predicted molar refractivity (Wildman–Crippen MR) is 69.1 cm³/mol. The zero-order valence-electron chi connectivity index (χ0n) is 11.2. The van der Waals surface area contributed by atoms with E-state index in [0.717, 1.165) is 32.7 Å². The largest absolute Gasteiger partial charge is 0.325 e. The Labute approximate surface area is 105 Å². The summed E-state index contributed by atoms with van der Waals surface area (Å²) in [4.78, 5) is 18.8. The van der Waals surface area contributed by atoms with Crippen LogP contribution in [0.2, 0.25) is 0 Å². The minimum absolute atomic E-state index is 0.236. The Kier molecular flexibility index (Phi) is 4.26. The number of rotatable bonds is 2. The van der Waals surface area contributed by atoms with Crippen molar-refractivity contribution in [1.82, 2.24) is 14.7 Å². The van der Waals surface area contributed by atoms with Gasteiger partial charge in [-0.15, -0.1) is 0 Å². The fourth-order valence-electron chi connectivity index (χ4n) is 3.02. The standard InChI is InChI=1S/C13H25N3O/c1-3-14(4-2)13(17)16-10-9-15-8-6-5-7-12(15)11-16/h12H,3-11H2,1-2H3. The van der Waals surface area contributed by atoms with Gasteiger partial charge in [-0.05, 0) is 33.2 Å². The zero-order chi connectivity index (χ0) is 12.3. The lowest BCUT2D eigenvalue weighted by Crippen LogP contribution is -2.58. The minimum Gasteiger partial charge on any atom is -0.325 e. The number of piperazine rings is 1. The van der Waals surface area contributed by atoms with Gasteiger partial charge >= 0.3 is 6.03 Å². The van der Waals surface area contributed by atoms with Crippen molar-refractivity contribution in [3.63, 3.8) is 0 Å². The van der Waals surface area contributed by atoms with E-state index >= 15 is 0 Å². The highest BCUT2D eigenvalue weighted by atomic mass is 16.2. The smallest absolute Gasteiger partial charge is 0.320 e. The van der Waals surface area contributed by atoms with Gasteiger partial charge in [-0.25, -0.2) is 4.79 Å². The maximum absolute atomic E-state index is 12.3. The van der Waals surface area contributed by atoms with E-state index < -0.39 is 0 Å². The van der Waals surface area contributed by atoms with Crippen molar-refractivity contribution < 1.29 is 4.79 Å². The molecule has 0 saturated carbocycles. The molecule has 1 unspecified atom stereocenters. The molecule has 2 saturated heterocycles. The van der Waals surface area contributed by atoms with Crippen LogP contribution in [0.25, 0.3) is 0 Å². The molecule has 2 heterocycles. The van der Waals surface area contributed by atoms with Crippen LogP contribution in [-0.2, 0) is 0 Å². The fraction of sp³-hybridized carbons (Fsp3) is 0.923. The van der Waals surface area contributed by atoms with Crippen LogP contribution < -0.4 is 0 Å². The van der Waals surface area contributed by atoms with E-state index in [2.05, 4.69) is 23.6 Å². The maximum atomic E-state index is 12.3. The Morgan fingerprint density at radius 1 is 1.18 bits per heavy atom. The van der Waals surface area contributed by atoms with Crippen molar-refractivity contribution in [2.24, 2.45) is 0 Å². The first-order valence-corrected chi connectivity index (χ1v) is 7.04. The van der Waals surface area contributed by atoms with Crippen molar-refractivity contribution >= 4 is 6.03 Å². The maximum Gasteiger partial charge on any atom is 0.320 e. The molecule has 0 N–H and O–H groups in total. The molecule has 0 aromatic heterocycles. The summed E-state index contributed by atoms with van der Waals surface area (Å²) >= 11 is 0. The Morgan fingerprint density at radius 3 is 2.65 bits per heavy atom. The second-order valence-corrected chi connectivity index (χ2v) is 5.09. The Morgan fingerprint density at radius 2 is 1.94 bits per heavy atom. The molecule has 0 aromatic carbocycles. The van der Waals surface area contributed by atoms with Crippen LogP contribution in [0.4, 0.5) is 4.79 Å². The van der Waals surface area contributed by atoms with Gasteiger partial charge in [0.2, 0.25) is 0 Å². The molecule has 1 atom stereocenters. The molecule has 4 nitrogen and oxygen atoms in total. The topological polar surface area (TPSA) is 26.8 Å². The second kappa shape index (κ2) is 5.71. The van der Waals surface area contributed by atoms with Crippen molar-refractivity contribution in [1.29, 1.82) is 0 Å². The lowest BCUT2D eigenvalue weighted by atomic mass is 10.00. The second-order valence-electron chi connectivity index (χ2n) is 5.09. The molecule has 0 spiro atoms. The van der Waals surface area contributed by atoms with E-state index in [0.29, 0.717) is 6.04 Å². The average molecular weight is 239 g/mol. The van der Waals surface area contributed by atoms with Gasteiger partial charge in [0, 0.05) is 38.8 Å². The highest BCUT2D eigenvalue weighted by Gasteiger charge is 2.32. The van der Waals surface area contributed by atoms with Gasteiger partial charge < -0.3 is 9.80 Å². The van der Waals surface area contributed by atoms with Gasteiger partial charge in [-0.2, -0.15) is 0 Å². The summed E-state index contributed by atoms with van der Waals surface area (Å²) in [5.74, 6) is 0. The first-order chi connectivity index (χ1) is 8.26. The molecule has 2 aliphatic rings. The third-order valence-electron chi connectivity index (χ3n) is 4.14. The van der Waals surface area contributed by atoms with Crippen LogP contribution in [0.15, 0.2) is 0 Å². The summed E-state index contributed by atoms with van der Waals surface area (Å²) in [6, 6.07) is 0.859. The number of fused-ring (bicyclic) bond motifs is 1. The summed E-state index contributed by atoms with van der Waals surface area (Å²) < 4.78 is 0. The first kappa shape index (κ1) is 12.7. The number of urea groups is 1. The Hall–Kier alpha value is -0.770. The summed E-state index contributed by atoms with van der Waals surface area (Å²) in [5.41, 5.74) is 0. The average Bonchev–Trinajstić information content (AvgIpc) is 2.39. The molecule has 0 aromatic rings. The minimum atomic E-state index is 0.236. The number of amides is 2.